The van der Waals surface area contributed by atoms with Gasteiger partial charge in [0, 0.05) is 6.92 Å². The van der Waals surface area contributed by atoms with Crippen LogP contribution in [0.15, 0.2) is 24.3 Å². The summed E-state index contributed by atoms with van der Waals surface area (Å²) in [4.78, 5) is 10.9. The van der Waals surface area contributed by atoms with Crippen molar-refractivity contribution in [3.8, 4) is 0 Å². The Morgan fingerprint density at radius 1 is 1.43 bits per heavy atom. The summed E-state index contributed by atoms with van der Waals surface area (Å²) in [6.07, 6.45) is 3.15. The summed E-state index contributed by atoms with van der Waals surface area (Å²) in [6, 6.07) is 8.21. The zero-order chi connectivity index (χ0) is 9.97. The molecule has 0 bridgehead atoms. The SMILES string of the molecule is CC(=O)O[C@@H]1CCCc2ccccc21. The number of aryl methyl sites for hydroxylation is 1. The molecule has 0 N–H and O–H groups in total. The van der Waals surface area contributed by atoms with Crippen LogP contribution < -0.4 is 0 Å². The van der Waals surface area contributed by atoms with Gasteiger partial charge in [0.25, 0.3) is 0 Å². The van der Waals surface area contributed by atoms with Gasteiger partial charge in [0.15, 0.2) is 0 Å². The van der Waals surface area contributed by atoms with Gasteiger partial charge < -0.3 is 4.74 Å². The molecule has 0 spiro atoms. The topological polar surface area (TPSA) is 26.3 Å². The van der Waals surface area contributed by atoms with Crippen LogP contribution in [0.1, 0.15) is 37.0 Å². The van der Waals surface area contributed by atoms with Gasteiger partial charge in [-0.25, -0.2) is 0 Å². The molecule has 1 aromatic carbocycles. The zero-order valence-electron chi connectivity index (χ0n) is 8.32. The molecule has 0 amide bonds. The third kappa shape index (κ3) is 1.79. The molecule has 1 aliphatic carbocycles. The van der Waals surface area contributed by atoms with Crippen molar-refractivity contribution >= 4 is 5.97 Å². The number of carbonyl (C=O) groups excluding carboxylic acids is 1. The fraction of sp³-hybridized carbons (Fsp3) is 0.417. The molecule has 1 atom stereocenters. The Morgan fingerprint density at radius 3 is 3.00 bits per heavy atom. The fourth-order valence-corrected chi connectivity index (χ4v) is 2.03. The molecule has 0 unspecified atom stereocenters. The summed E-state index contributed by atoms with van der Waals surface area (Å²) in [5.41, 5.74) is 2.51. The second-order valence-corrected chi connectivity index (χ2v) is 3.69. The number of rotatable bonds is 1. The van der Waals surface area contributed by atoms with Crippen LogP contribution in [0.25, 0.3) is 0 Å². The normalized spacial score (nSPS) is 19.9. The van der Waals surface area contributed by atoms with Crippen LogP contribution in [0.2, 0.25) is 0 Å². The van der Waals surface area contributed by atoms with Crippen LogP contribution in [-0.4, -0.2) is 5.97 Å². The molecule has 0 heterocycles. The number of esters is 1. The van der Waals surface area contributed by atoms with Crippen molar-refractivity contribution in [3.63, 3.8) is 0 Å². The van der Waals surface area contributed by atoms with Crippen molar-refractivity contribution in [2.45, 2.75) is 32.3 Å². The molecule has 0 radical (unpaired) electrons. The number of ether oxygens (including phenoxy) is 1. The van der Waals surface area contributed by atoms with Crippen molar-refractivity contribution in [2.24, 2.45) is 0 Å². The van der Waals surface area contributed by atoms with Crippen LogP contribution in [0, 0.1) is 0 Å². The Kier molecular flexibility index (Phi) is 2.53. The van der Waals surface area contributed by atoms with Crippen molar-refractivity contribution < 1.29 is 9.53 Å². The second kappa shape index (κ2) is 3.82. The third-order valence-corrected chi connectivity index (χ3v) is 2.62. The van der Waals surface area contributed by atoms with Crippen molar-refractivity contribution in [3.05, 3.63) is 35.4 Å². The highest BCUT2D eigenvalue weighted by molar-refractivity contribution is 5.66. The average Bonchev–Trinajstić information content (AvgIpc) is 2.18. The Labute approximate surface area is 83.9 Å². The molecule has 0 saturated heterocycles. The lowest BCUT2D eigenvalue weighted by Gasteiger charge is -2.24. The molecule has 0 saturated carbocycles. The summed E-state index contributed by atoms with van der Waals surface area (Å²) in [7, 11) is 0. The van der Waals surface area contributed by atoms with Crippen LogP contribution in [0.5, 0.6) is 0 Å². The van der Waals surface area contributed by atoms with Gasteiger partial charge in [-0.2, -0.15) is 0 Å². The minimum Gasteiger partial charge on any atom is -0.458 e. The maximum atomic E-state index is 10.9. The van der Waals surface area contributed by atoms with Crippen molar-refractivity contribution in [2.75, 3.05) is 0 Å². The van der Waals surface area contributed by atoms with E-state index in [1.165, 1.54) is 18.1 Å². The van der Waals surface area contributed by atoms with Crippen molar-refractivity contribution in [1.29, 1.82) is 0 Å². The Morgan fingerprint density at radius 2 is 2.21 bits per heavy atom. The Balaban J connectivity index is 2.26. The van der Waals surface area contributed by atoms with Gasteiger partial charge >= 0.3 is 5.97 Å². The summed E-state index contributed by atoms with van der Waals surface area (Å²) in [5.74, 6) is -0.188. The fourth-order valence-electron chi connectivity index (χ4n) is 2.03. The molecule has 2 nitrogen and oxygen atoms in total. The van der Waals surface area contributed by atoms with Gasteiger partial charge in [-0.05, 0) is 30.4 Å². The molecular weight excluding hydrogens is 176 g/mol. The van der Waals surface area contributed by atoms with Crippen LogP contribution >= 0.6 is 0 Å². The third-order valence-electron chi connectivity index (χ3n) is 2.62. The first-order valence-corrected chi connectivity index (χ1v) is 5.02. The highest BCUT2D eigenvalue weighted by Gasteiger charge is 2.21. The summed E-state index contributed by atoms with van der Waals surface area (Å²) in [6.45, 7) is 1.47. The molecule has 2 rings (SSSR count). The molecule has 1 aromatic rings. The van der Waals surface area contributed by atoms with E-state index in [1.807, 2.05) is 12.1 Å². The molecule has 0 aliphatic heterocycles. The van der Waals surface area contributed by atoms with E-state index in [1.54, 1.807) is 0 Å². The average molecular weight is 190 g/mol. The monoisotopic (exact) mass is 190 g/mol. The highest BCUT2D eigenvalue weighted by atomic mass is 16.5. The molecule has 74 valence electrons. The Hall–Kier alpha value is -1.31. The number of carbonyl (C=O) groups is 1. The number of hydrogen-bond acceptors (Lipinski definition) is 2. The lowest BCUT2D eigenvalue weighted by atomic mass is 9.89. The van der Waals surface area contributed by atoms with E-state index in [-0.39, 0.29) is 12.1 Å². The number of hydrogen-bond donors (Lipinski definition) is 0. The molecule has 1 aliphatic rings. The molecule has 2 heteroatoms. The second-order valence-electron chi connectivity index (χ2n) is 3.69. The van der Waals surface area contributed by atoms with Crippen molar-refractivity contribution in [1.82, 2.24) is 0 Å². The quantitative estimate of drug-likeness (QED) is 0.636. The number of fused-ring (bicyclic) bond motifs is 1. The van der Waals surface area contributed by atoms with E-state index in [9.17, 15) is 4.79 Å². The maximum absolute atomic E-state index is 10.9. The van der Waals surface area contributed by atoms with Gasteiger partial charge in [-0.15, -0.1) is 0 Å². The van der Waals surface area contributed by atoms with Gasteiger partial charge in [0.05, 0.1) is 0 Å². The lowest BCUT2D eigenvalue weighted by molar-refractivity contribution is -0.147. The van der Waals surface area contributed by atoms with E-state index in [0.29, 0.717) is 0 Å². The van der Waals surface area contributed by atoms with E-state index in [4.69, 9.17) is 4.74 Å². The van der Waals surface area contributed by atoms with Gasteiger partial charge in [0.2, 0.25) is 0 Å². The summed E-state index contributed by atoms with van der Waals surface area (Å²) >= 11 is 0. The summed E-state index contributed by atoms with van der Waals surface area (Å²) < 4.78 is 5.28. The van der Waals surface area contributed by atoms with Crippen LogP contribution in [-0.2, 0) is 16.0 Å². The first-order valence-electron chi connectivity index (χ1n) is 5.02. The lowest BCUT2D eigenvalue weighted by Crippen LogP contribution is -2.14. The smallest absolute Gasteiger partial charge is 0.303 e. The molecule has 0 aromatic heterocycles. The largest absolute Gasteiger partial charge is 0.458 e. The van der Waals surface area contributed by atoms with E-state index in [0.717, 1.165) is 19.3 Å². The minimum atomic E-state index is -0.188. The first-order chi connectivity index (χ1) is 6.77. The van der Waals surface area contributed by atoms with E-state index < -0.39 is 0 Å². The maximum Gasteiger partial charge on any atom is 0.303 e. The van der Waals surface area contributed by atoms with Crippen LogP contribution in [0.4, 0.5) is 0 Å². The van der Waals surface area contributed by atoms with Crippen LogP contribution in [0.3, 0.4) is 0 Å². The highest BCUT2D eigenvalue weighted by Crippen LogP contribution is 2.32. The summed E-state index contributed by atoms with van der Waals surface area (Å²) in [5, 5.41) is 0. The standard InChI is InChI=1S/C12H14O2/c1-9(13)14-12-8-4-6-10-5-2-3-7-11(10)12/h2-3,5,7,12H,4,6,8H2,1H3/t12-/m1/s1. The Bertz CT molecular complexity index is 344. The van der Waals surface area contributed by atoms with E-state index in [2.05, 4.69) is 12.1 Å². The van der Waals surface area contributed by atoms with E-state index >= 15 is 0 Å². The number of benzene rings is 1. The molecular formula is C12H14O2. The van der Waals surface area contributed by atoms with Gasteiger partial charge in [-0.3, -0.25) is 4.79 Å². The molecule has 14 heavy (non-hydrogen) atoms. The molecule has 0 fully saturated rings. The first kappa shape index (κ1) is 9.25. The predicted molar refractivity (Wildman–Crippen MR) is 53.9 cm³/mol. The van der Waals surface area contributed by atoms with Gasteiger partial charge in [-0.1, -0.05) is 24.3 Å². The predicted octanol–water partition coefficient (Wildman–Crippen LogP) is 2.63. The van der Waals surface area contributed by atoms with Gasteiger partial charge in [0.1, 0.15) is 6.10 Å². The zero-order valence-corrected chi connectivity index (χ0v) is 8.32. The minimum absolute atomic E-state index is 0.0163.